The number of sulfonamides is 1. The van der Waals surface area contributed by atoms with Gasteiger partial charge in [-0.1, -0.05) is 0 Å². The molecule has 1 aliphatic carbocycles. The Labute approximate surface area is 122 Å². The molecule has 2 aliphatic rings. The van der Waals surface area contributed by atoms with Crippen LogP contribution in [0.3, 0.4) is 0 Å². The van der Waals surface area contributed by atoms with Crippen LogP contribution in [0.15, 0.2) is 29.2 Å². The molecule has 21 heavy (non-hydrogen) atoms. The predicted octanol–water partition coefficient (Wildman–Crippen LogP) is 0.953. The van der Waals surface area contributed by atoms with Gasteiger partial charge in [0, 0.05) is 31.3 Å². The highest BCUT2D eigenvalue weighted by atomic mass is 32.2. The maximum Gasteiger partial charge on any atom is 0.269 e. The zero-order chi connectivity index (χ0) is 15.2. The predicted molar refractivity (Wildman–Crippen MR) is 76.0 cm³/mol. The van der Waals surface area contributed by atoms with Gasteiger partial charge in [-0.2, -0.15) is 4.31 Å². The average Bonchev–Trinajstić information content (AvgIpc) is 3.02. The first-order chi connectivity index (χ1) is 9.89. The second-order valence-corrected chi connectivity index (χ2v) is 7.68. The van der Waals surface area contributed by atoms with E-state index < -0.39 is 14.9 Å². The quantitative estimate of drug-likeness (QED) is 0.660. The van der Waals surface area contributed by atoms with Gasteiger partial charge in [-0.3, -0.25) is 10.1 Å². The van der Waals surface area contributed by atoms with Crippen LogP contribution in [0, 0.1) is 22.0 Å². The summed E-state index contributed by atoms with van der Waals surface area (Å²) in [5, 5.41) is 10.6. The minimum absolute atomic E-state index is 0.0760. The maximum absolute atomic E-state index is 12.6. The number of benzene rings is 1. The number of nitro benzene ring substituents is 1. The smallest absolute Gasteiger partial charge is 0.269 e. The monoisotopic (exact) mass is 311 g/mol. The number of fused-ring (bicyclic) bond motifs is 1. The fraction of sp³-hybridized carbons (Fsp3) is 0.538. The lowest BCUT2D eigenvalue weighted by atomic mass is 9.98. The Morgan fingerprint density at radius 3 is 2.43 bits per heavy atom. The Morgan fingerprint density at radius 1 is 1.19 bits per heavy atom. The van der Waals surface area contributed by atoms with Crippen molar-refractivity contribution in [2.24, 2.45) is 17.6 Å². The highest BCUT2D eigenvalue weighted by Gasteiger charge is 2.45. The summed E-state index contributed by atoms with van der Waals surface area (Å²) in [5.74, 6) is 0.575. The molecule has 114 valence electrons. The molecule has 8 heteroatoms. The van der Waals surface area contributed by atoms with Crippen molar-refractivity contribution >= 4 is 15.7 Å². The van der Waals surface area contributed by atoms with Crippen molar-refractivity contribution in [3.05, 3.63) is 34.4 Å². The summed E-state index contributed by atoms with van der Waals surface area (Å²) >= 11 is 0. The molecular formula is C13H17N3O4S. The van der Waals surface area contributed by atoms with Gasteiger partial charge in [0.25, 0.3) is 5.69 Å². The molecule has 0 amide bonds. The lowest BCUT2D eigenvalue weighted by molar-refractivity contribution is -0.384. The summed E-state index contributed by atoms with van der Waals surface area (Å²) in [5.41, 5.74) is 5.90. The topological polar surface area (TPSA) is 107 Å². The van der Waals surface area contributed by atoms with Gasteiger partial charge in [0.15, 0.2) is 0 Å². The van der Waals surface area contributed by atoms with E-state index in [2.05, 4.69) is 0 Å². The molecule has 0 unspecified atom stereocenters. The summed E-state index contributed by atoms with van der Waals surface area (Å²) < 4.78 is 26.6. The van der Waals surface area contributed by atoms with Crippen LogP contribution in [0.4, 0.5) is 5.69 Å². The van der Waals surface area contributed by atoms with E-state index >= 15 is 0 Å². The molecule has 7 nitrogen and oxygen atoms in total. The summed E-state index contributed by atoms with van der Waals surface area (Å²) in [6, 6.07) is 5.10. The van der Waals surface area contributed by atoms with Crippen LogP contribution in [0.1, 0.15) is 12.8 Å². The number of nitrogens with zero attached hydrogens (tertiary/aromatic N) is 2. The molecule has 0 aromatic heterocycles. The second kappa shape index (κ2) is 5.04. The molecule has 0 spiro atoms. The van der Waals surface area contributed by atoms with Crippen LogP contribution < -0.4 is 5.73 Å². The van der Waals surface area contributed by atoms with Crippen molar-refractivity contribution in [3.63, 3.8) is 0 Å². The lowest BCUT2D eigenvalue weighted by Gasteiger charge is -2.18. The Balaban J connectivity index is 1.83. The van der Waals surface area contributed by atoms with E-state index in [1.165, 1.54) is 28.6 Å². The summed E-state index contributed by atoms with van der Waals surface area (Å²) in [4.78, 5) is 10.2. The van der Waals surface area contributed by atoms with Gasteiger partial charge in [0.05, 0.1) is 9.82 Å². The second-order valence-electron chi connectivity index (χ2n) is 5.74. The molecule has 1 aliphatic heterocycles. The zero-order valence-electron chi connectivity index (χ0n) is 11.4. The molecular weight excluding hydrogens is 294 g/mol. The van der Waals surface area contributed by atoms with Gasteiger partial charge in [-0.25, -0.2) is 8.42 Å². The fourth-order valence-electron chi connectivity index (χ4n) is 3.35. The summed E-state index contributed by atoms with van der Waals surface area (Å²) in [7, 11) is -3.59. The van der Waals surface area contributed by atoms with E-state index in [0.29, 0.717) is 19.0 Å². The van der Waals surface area contributed by atoms with Gasteiger partial charge >= 0.3 is 0 Å². The molecule has 3 atom stereocenters. The summed E-state index contributed by atoms with van der Waals surface area (Å²) in [6.45, 7) is 0.947. The SMILES string of the molecule is N[C@@H]1CC[C@@H]2CN(S(=O)(=O)c3ccc([N+](=O)[O-])cc3)C[C@@H]21. The minimum Gasteiger partial charge on any atom is -0.327 e. The normalized spacial score (nSPS) is 29.5. The van der Waals surface area contributed by atoms with Crippen LogP contribution in [0.2, 0.25) is 0 Å². The van der Waals surface area contributed by atoms with Gasteiger partial charge < -0.3 is 5.73 Å². The van der Waals surface area contributed by atoms with Crippen LogP contribution in [-0.4, -0.2) is 36.8 Å². The van der Waals surface area contributed by atoms with Crippen LogP contribution in [-0.2, 0) is 10.0 Å². The molecule has 2 fully saturated rings. The molecule has 1 heterocycles. The molecule has 3 rings (SSSR count). The number of nitrogens with two attached hydrogens (primary N) is 1. The van der Waals surface area contributed by atoms with Crippen molar-refractivity contribution in [2.45, 2.75) is 23.8 Å². The van der Waals surface area contributed by atoms with Gasteiger partial charge in [0.2, 0.25) is 10.0 Å². The van der Waals surface area contributed by atoms with Crippen LogP contribution in [0.5, 0.6) is 0 Å². The number of hydrogen-bond acceptors (Lipinski definition) is 5. The third kappa shape index (κ3) is 2.43. The number of hydrogen-bond donors (Lipinski definition) is 1. The fourth-order valence-corrected chi connectivity index (χ4v) is 4.89. The standard InChI is InChI=1S/C13H17N3O4S/c14-13-6-1-9-7-15(8-12(9)13)21(19,20)11-4-2-10(3-5-11)16(17)18/h2-5,9,12-13H,1,6-8,14H2/t9-,12+,13-/m1/s1. The number of non-ortho nitro benzene ring substituents is 1. The summed E-state index contributed by atoms with van der Waals surface area (Å²) in [6.07, 6.45) is 1.93. The highest BCUT2D eigenvalue weighted by Crippen LogP contribution is 2.39. The van der Waals surface area contributed by atoms with E-state index in [-0.39, 0.29) is 22.5 Å². The van der Waals surface area contributed by atoms with Crippen molar-refractivity contribution < 1.29 is 13.3 Å². The third-order valence-electron chi connectivity index (χ3n) is 4.56. The van der Waals surface area contributed by atoms with Crippen LogP contribution in [0.25, 0.3) is 0 Å². The highest BCUT2D eigenvalue weighted by molar-refractivity contribution is 7.89. The van der Waals surface area contributed by atoms with E-state index in [1.54, 1.807) is 0 Å². The van der Waals surface area contributed by atoms with Gasteiger partial charge in [0.1, 0.15) is 0 Å². The molecule has 1 aromatic carbocycles. The molecule has 1 saturated carbocycles. The molecule has 1 aromatic rings. The van der Waals surface area contributed by atoms with Crippen LogP contribution >= 0.6 is 0 Å². The molecule has 0 radical (unpaired) electrons. The molecule has 0 bridgehead atoms. The Kier molecular flexibility index (Phi) is 3.46. The first kappa shape index (κ1) is 14.4. The number of nitro groups is 1. The Bertz CT molecular complexity index is 658. The van der Waals surface area contributed by atoms with Gasteiger partial charge in [-0.15, -0.1) is 0 Å². The van der Waals surface area contributed by atoms with E-state index in [1.807, 2.05) is 0 Å². The van der Waals surface area contributed by atoms with E-state index in [9.17, 15) is 18.5 Å². The first-order valence-corrected chi connectivity index (χ1v) is 8.34. The zero-order valence-corrected chi connectivity index (χ0v) is 12.2. The average molecular weight is 311 g/mol. The first-order valence-electron chi connectivity index (χ1n) is 6.90. The minimum atomic E-state index is -3.59. The number of rotatable bonds is 3. The largest absolute Gasteiger partial charge is 0.327 e. The van der Waals surface area contributed by atoms with E-state index in [0.717, 1.165) is 12.8 Å². The third-order valence-corrected chi connectivity index (χ3v) is 6.41. The van der Waals surface area contributed by atoms with Crippen molar-refractivity contribution in [3.8, 4) is 0 Å². The Morgan fingerprint density at radius 2 is 1.86 bits per heavy atom. The van der Waals surface area contributed by atoms with E-state index in [4.69, 9.17) is 5.73 Å². The molecule has 2 N–H and O–H groups in total. The Hall–Kier alpha value is -1.51. The van der Waals surface area contributed by atoms with Crippen molar-refractivity contribution in [1.82, 2.24) is 4.31 Å². The van der Waals surface area contributed by atoms with Gasteiger partial charge in [-0.05, 0) is 36.8 Å². The maximum atomic E-state index is 12.6. The molecule has 1 saturated heterocycles. The lowest BCUT2D eigenvalue weighted by Crippen LogP contribution is -2.33. The van der Waals surface area contributed by atoms with Crippen molar-refractivity contribution in [1.29, 1.82) is 0 Å². The van der Waals surface area contributed by atoms with Crippen molar-refractivity contribution in [2.75, 3.05) is 13.1 Å².